The van der Waals surface area contributed by atoms with Crippen LogP contribution in [-0.2, 0) is 4.79 Å². The van der Waals surface area contributed by atoms with Crippen molar-refractivity contribution in [2.75, 3.05) is 0 Å². The summed E-state index contributed by atoms with van der Waals surface area (Å²) in [6, 6.07) is 0. The molecule has 0 bridgehead atoms. The monoisotopic (exact) mass is 246 g/mol. The Bertz CT molecular complexity index is 202. The topological polar surface area (TPSA) is 17.1 Å². The Balaban J connectivity index is 2.42. The molecule has 0 aromatic rings. The molecule has 0 unspecified atom stereocenters. The molecule has 88 valence electrons. The van der Waals surface area contributed by atoms with Gasteiger partial charge in [0.05, 0.1) is 0 Å². The lowest BCUT2D eigenvalue weighted by atomic mass is 10.00. The zero-order valence-corrected chi connectivity index (χ0v) is 11.2. The summed E-state index contributed by atoms with van der Waals surface area (Å²) >= 11 is 8.78. The summed E-state index contributed by atoms with van der Waals surface area (Å²) in [4.78, 5) is 11.8. The average molecular weight is 246 g/mol. The third-order valence-corrected chi connectivity index (χ3v) is 4.07. The van der Waals surface area contributed by atoms with E-state index in [-0.39, 0.29) is 5.78 Å². The molecule has 0 aromatic heterocycles. The number of carbonyl (C=O) groups excluding carboxylic acids is 1. The van der Waals surface area contributed by atoms with Crippen LogP contribution in [0.3, 0.4) is 0 Å². The van der Waals surface area contributed by atoms with Gasteiger partial charge in [-0.2, -0.15) is 25.3 Å². The van der Waals surface area contributed by atoms with Crippen LogP contribution in [0.4, 0.5) is 0 Å². The van der Waals surface area contributed by atoms with Crippen LogP contribution in [0.2, 0.25) is 0 Å². The zero-order valence-electron chi connectivity index (χ0n) is 9.37. The molecule has 0 N–H and O–H groups in total. The predicted octanol–water partition coefficient (Wildman–Crippen LogP) is 4.03. The first kappa shape index (κ1) is 13.4. The molecule has 1 nitrogen and oxygen atoms in total. The highest BCUT2D eigenvalue weighted by Gasteiger charge is 2.28. The van der Waals surface area contributed by atoms with Gasteiger partial charge in [-0.15, -0.1) is 0 Å². The van der Waals surface area contributed by atoms with Gasteiger partial charge in [0.25, 0.3) is 0 Å². The zero-order chi connectivity index (χ0) is 11.1. The van der Waals surface area contributed by atoms with Crippen LogP contribution >= 0.6 is 25.3 Å². The van der Waals surface area contributed by atoms with E-state index in [0.717, 1.165) is 19.3 Å². The first-order chi connectivity index (χ1) is 7.13. The Labute approximate surface area is 104 Å². The van der Waals surface area contributed by atoms with Crippen LogP contribution in [0.15, 0.2) is 0 Å². The number of thiol groups is 2. The minimum atomic E-state index is -0.667. The third kappa shape index (κ3) is 5.30. The van der Waals surface area contributed by atoms with E-state index in [4.69, 9.17) is 0 Å². The second-order valence-corrected chi connectivity index (χ2v) is 6.45. The van der Waals surface area contributed by atoms with Gasteiger partial charge in [-0.3, -0.25) is 4.79 Å². The van der Waals surface area contributed by atoms with Crippen molar-refractivity contribution in [3.8, 4) is 0 Å². The molecule has 0 aliphatic heterocycles. The molecule has 0 heterocycles. The van der Waals surface area contributed by atoms with Crippen LogP contribution in [-0.4, -0.2) is 9.86 Å². The molecule has 0 amide bonds. The average Bonchev–Trinajstić information content (AvgIpc) is 2.18. The van der Waals surface area contributed by atoms with Crippen LogP contribution < -0.4 is 0 Å². The van der Waals surface area contributed by atoms with Gasteiger partial charge in [-0.1, -0.05) is 44.9 Å². The molecule has 1 saturated carbocycles. The van der Waals surface area contributed by atoms with Crippen molar-refractivity contribution >= 4 is 31.0 Å². The van der Waals surface area contributed by atoms with Gasteiger partial charge in [0.2, 0.25) is 0 Å². The molecular weight excluding hydrogens is 224 g/mol. The summed E-state index contributed by atoms with van der Waals surface area (Å²) < 4.78 is -0.667. The van der Waals surface area contributed by atoms with Crippen molar-refractivity contribution in [3.05, 3.63) is 0 Å². The molecule has 0 aromatic carbocycles. The van der Waals surface area contributed by atoms with Gasteiger partial charge in [-0.05, 0) is 12.8 Å². The number of rotatable bonds is 0. The first-order valence-corrected chi connectivity index (χ1v) is 7.00. The minimum absolute atomic E-state index is 0.217. The predicted molar refractivity (Wildman–Crippen MR) is 71.9 cm³/mol. The van der Waals surface area contributed by atoms with Crippen LogP contribution in [0.1, 0.15) is 64.2 Å². The molecule has 1 fully saturated rings. The number of ketones is 1. The quantitative estimate of drug-likeness (QED) is 0.487. The Kier molecular flexibility index (Phi) is 6.13. The summed E-state index contributed by atoms with van der Waals surface area (Å²) in [6.45, 7) is 0. The van der Waals surface area contributed by atoms with Gasteiger partial charge >= 0.3 is 0 Å². The van der Waals surface area contributed by atoms with E-state index in [9.17, 15) is 4.79 Å². The van der Waals surface area contributed by atoms with Gasteiger partial charge in [-0.25, -0.2) is 0 Å². The number of Topliss-reactive ketones (excluding diaryl/α,β-unsaturated/α-hetero) is 1. The third-order valence-electron chi connectivity index (χ3n) is 3.13. The lowest BCUT2D eigenvalue weighted by Gasteiger charge is -2.21. The van der Waals surface area contributed by atoms with E-state index in [1.165, 1.54) is 38.5 Å². The number of hydrogen-bond donors (Lipinski definition) is 2. The second kappa shape index (κ2) is 6.85. The molecule has 0 spiro atoms. The van der Waals surface area contributed by atoms with Crippen molar-refractivity contribution in [2.24, 2.45) is 0 Å². The van der Waals surface area contributed by atoms with Crippen LogP contribution in [0.5, 0.6) is 0 Å². The largest absolute Gasteiger partial charge is 0.297 e. The van der Waals surface area contributed by atoms with E-state index >= 15 is 0 Å². The summed E-state index contributed by atoms with van der Waals surface area (Å²) in [6.07, 6.45) is 11.2. The standard InChI is InChI=1S/C12H22OS2/c13-11-9-7-5-3-1-2-4-6-8-10-12(11,14)15/h14-15H,1-10H2. The van der Waals surface area contributed by atoms with E-state index in [0.29, 0.717) is 6.42 Å². The summed E-state index contributed by atoms with van der Waals surface area (Å²) in [7, 11) is 0. The first-order valence-electron chi connectivity index (χ1n) is 6.11. The maximum absolute atomic E-state index is 11.8. The summed E-state index contributed by atoms with van der Waals surface area (Å²) in [5.41, 5.74) is 0. The SMILES string of the molecule is O=C1CCCCCCCCCCC1(S)S. The highest BCUT2D eigenvalue weighted by Crippen LogP contribution is 2.30. The maximum Gasteiger partial charge on any atom is 0.158 e. The Hall–Kier alpha value is 0.370. The minimum Gasteiger partial charge on any atom is -0.297 e. The van der Waals surface area contributed by atoms with Gasteiger partial charge < -0.3 is 0 Å². The molecule has 1 aliphatic carbocycles. The van der Waals surface area contributed by atoms with E-state index in [2.05, 4.69) is 25.3 Å². The summed E-state index contributed by atoms with van der Waals surface area (Å²) in [5, 5.41) is 0. The Morgan fingerprint density at radius 1 is 0.800 bits per heavy atom. The van der Waals surface area contributed by atoms with Crippen molar-refractivity contribution in [3.63, 3.8) is 0 Å². The Morgan fingerprint density at radius 3 is 1.87 bits per heavy atom. The highest BCUT2D eigenvalue weighted by molar-refractivity contribution is 8.02. The fraction of sp³-hybridized carbons (Fsp3) is 0.917. The fourth-order valence-corrected chi connectivity index (χ4v) is 2.60. The van der Waals surface area contributed by atoms with Gasteiger partial charge in [0, 0.05) is 6.42 Å². The molecule has 0 saturated heterocycles. The molecule has 0 radical (unpaired) electrons. The smallest absolute Gasteiger partial charge is 0.158 e. The lowest BCUT2D eigenvalue weighted by Crippen LogP contribution is -2.26. The number of hydrogen-bond acceptors (Lipinski definition) is 3. The van der Waals surface area contributed by atoms with Crippen molar-refractivity contribution in [1.29, 1.82) is 0 Å². The Morgan fingerprint density at radius 2 is 1.27 bits per heavy atom. The van der Waals surface area contributed by atoms with Crippen molar-refractivity contribution in [2.45, 2.75) is 68.3 Å². The summed E-state index contributed by atoms with van der Waals surface area (Å²) in [5.74, 6) is 0.217. The van der Waals surface area contributed by atoms with Crippen molar-refractivity contribution in [1.82, 2.24) is 0 Å². The van der Waals surface area contributed by atoms with E-state index < -0.39 is 4.08 Å². The normalized spacial score (nSPS) is 25.3. The van der Waals surface area contributed by atoms with Crippen LogP contribution in [0, 0.1) is 0 Å². The number of carbonyl (C=O) groups is 1. The molecule has 1 aliphatic rings. The molecule has 3 heteroatoms. The molecule has 0 atom stereocenters. The van der Waals surface area contributed by atoms with E-state index in [1.807, 2.05) is 0 Å². The maximum atomic E-state index is 11.8. The highest BCUT2D eigenvalue weighted by atomic mass is 32.2. The molecule has 1 rings (SSSR count). The lowest BCUT2D eigenvalue weighted by molar-refractivity contribution is -0.119. The molecular formula is C12H22OS2. The van der Waals surface area contributed by atoms with Crippen LogP contribution in [0.25, 0.3) is 0 Å². The molecule has 15 heavy (non-hydrogen) atoms. The fourth-order valence-electron chi connectivity index (χ4n) is 2.06. The van der Waals surface area contributed by atoms with Gasteiger partial charge in [0.15, 0.2) is 5.78 Å². The van der Waals surface area contributed by atoms with Gasteiger partial charge in [0.1, 0.15) is 4.08 Å². The second-order valence-electron chi connectivity index (χ2n) is 4.57. The van der Waals surface area contributed by atoms with E-state index in [1.54, 1.807) is 0 Å². The van der Waals surface area contributed by atoms with Crippen molar-refractivity contribution < 1.29 is 4.79 Å².